The lowest BCUT2D eigenvalue weighted by Gasteiger charge is -2.42. The molecule has 2 amide bonds. The number of nitrogens with zero attached hydrogens (tertiary/aromatic N) is 4. The van der Waals surface area contributed by atoms with E-state index < -0.39 is 0 Å². The second kappa shape index (κ2) is 10.9. The number of fused-ring (bicyclic) bond motifs is 2. The molecule has 0 fully saturated rings. The minimum Gasteiger partial charge on any atom is -0.497 e. The van der Waals surface area contributed by atoms with Gasteiger partial charge in [0, 0.05) is 43.9 Å². The number of nitrogen functional groups attached to an aromatic ring is 1. The summed E-state index contributed by atoms with van der Waals surface area (Å²) in [6, 6.07) is 22.6. The number of aliphatic imine (C=N–C) groups is 1. The van der Waals surface area contributed by atoms with Crippen LogP contribution in [0.2, 0.25) is 0 Å². The highest BCUT2D eigenvalue weighted by atomic mass is 16.5. The molecule has 0 unspecified atom stereocenters. The Bertz CT molecular complexity index is 1500. The first-order valence-corrected chi connectivity index (χ1v) is 13.5. The molecule has 9 nitrogen and oxygen atoms in total. The highest BCUT2D eigenvalue weighted by molar-refractivity contribution is 6.10. The first kappa shape index (κ1) is 25.6. The van der Waals surface area contributed by atoms with E-state index in [0.29, 0.717) is 36.6 Å². The Balaban J connectivity index is 1.16. The summed E-state index contributed by atoms with van der Waals surface area (Å²) in [5.74, 6) is 1.33. The van der Waals surface area contributed by atoms with Crippen LogP contribution in [0.3, 0.4) is 0 Å². The number of benzene rings is 3. The molecule has 3 aromatic carbocycles. The number of nitrogens with two attached hydrogens (primary N) is 1. The Labute approximate surface area is 233 Å². The summed E-state index contributed by atoms with van der Waals surface area (Å²) in [5, 5.41) is 2.85. The number of guanidine groups is 1. The lowest BCUT2D eigenvalue weighted by molar-refractivity contribution is -0.125. The molecule has 9 heteroatoms. The number of carbonyl (C=O) groups is 2. The highest BCUT2D eigenvalue weighted by Crippen LogP contribution is 2.32. The van der Waals surface area contributed by atoms with Crippen LogP contribution in [0, 0.1) is 0 Å². The van der Waals surface area contributed by atoms with Crippen LogP contribution in [0.25, 0.3) is 0 Å². The maximum absolute atomic E-state index is 13.8. The topological polar surface area (TPSA) is 104 Å². The number of nitrogens with one attached hydrogen (secondary N) is 1. The highest BCUT2D eigenvalue weighted by Gasteiger charge is 2.40. The molecule has 0 bridgehead atoms. The fourth-order valence-electron chi connectivity index (χ4n) is 5.49. The third-order valence-corrected chi connectivity index (χ3v) is 7.61. The van der Waals surface area contributed by atoms with E-state index in [1.165, 1.54) is 5.56 Å². The number of para-hydroxylation sites is 2. The number of ether oxygens (including phenoxy) is 1. The average Bonchev–Trinajstić information content (AvgIpc) is 3.47. The normalized spacial score (nSPS) is 16.9. The molecule has 0 atom stereocenters. The van der Waals surface area contributed by atoms with E-state index in [2.05, 4.69) is 27.2 Å². The van der Waals surface area contributed by atoms with Crippen molar-refractivity contribution in [3.05, 3.63) is 101 Å². The number of hydrogen-bond acceptors (Lipinski definition) is 7. The number of amides is 2. The third-order valence-electron chi connectivity index (χ3n) is 7.61. The van der Waals surface area contributed by atoms with E-state index in [9.17, 15) is 9.59 Å². The Morgan fingerprint density at radius 1 is 0.975 bits per heavy atom. The molecule has 3 heterocycles. The van der Waals surface area contributed by atoms with Crippen molar-refractivity contribution in [3.63, 3.8) is 0 Å². The zero-order valence-electron chi connectivity index (χ0n) is 22.5. The summed E-state index contributed by atoms with van der Waals surface area (Å²) >= 11 is 0. The van der Waals surface area contributed by atoms with E-state index in [-0.39, 0.29) is 11.8 Å². The van der Waals surface area contributed by atoms with E-state index in [1.54, 1.807) is 36.3 Å². The van der Waals surface area contributed by atoms with Crippen molar-refractivity contribution in [1.82, 2.24) is 14.7 Å². The first-order valence-electron chi connectivity index (χ1n) is 13.5. The zero-order chi connectivity index (χ0) is 27.6. The van der Waals surface area contributed by atoms with Gasteiger partial charge in [-0.1, -0.05) is 36.4 Å². The molecule has 0 saturated carbocycles. The number of rotatable bonds is 7. The molecular weight excluding hydrogens is 504 g/mol. The predicted octanol–water partition coefficient (Wildman–Crippen LogP) is 3.70. The summed E-state index contributed by atoms with van der Waals surface area (Å²) in [4.78, 5) is 37.6. The Morgan fingerprint density at radius 3 is 2.45 bits per heavy atom. The average molecular weight is 537 g/mol. The molecule has 3 aliphatic heterocycles. The Morgan fingerprint density at radius 2 is 1.70 bits per heavy atom. The van der Waals surface area contributed by atoms with Crippen molar-refractivity contribution in [1.29, 1.82) is 0 Å². The molecule has 3 aliphatic rings. The smallest absolute Gasteiger partial charge is 0.259 e. The molecule has 40 heavy (non-hydrogen) atoms. The predicted molar refractivity (Wildman–Crippen MR) is 155 cm³/mol. The van der Waals surface area contributed by atoms with Gasteiger partial charge in [-0.15, -0.1) is 0 Å². The van der Waals surface area contributed by atoms with Gasteiger partial charge in [0.2, 0.25) is 5.96 Å². The second-order valence-electron chi connectivity index (χ2n) is 10.2. The van der Waals surface area contributed by atoms with Gasteiger partial charge in [0.15, 0.2) is 0 Å². The van der Waals surface area contributed by atoms with Gasteiger partial charge in [0.1, 0.15) is 5.75 Å². The molecule has 0 radical (unpaired) electrons. The van der Waals surface area contributed by atoms with Gasteiger partial charge in [-0.3, -0.25) is 24.4 Å². The maximum Gasteiger partial charge on any atom is 0.259 e. The van der Waals surface area contributed by atoms with Crippen LogP contribution < -0.4 is 15.8 Å². The van der Waals surface area contributed by atoms with Gasteiger partial charge in [-0.25, -0.2) is 0 Å². The number of anilines is 2. The largest absolute Gasteiger partial charge is 0.497 e. The molecule has 3 aromatic rings. The molecule has 204 valence electrons. The first-order chi connectivity index (χ1) is 19.5. The van der Waals surface area contributed by atoms with E-state index in [0.717, 1.165) is 54.6 Å². The van der Waals surface area contributed by atoms with Crippen LogP contribution in [-0.2, 0) is 17.9 Å². The summed E-state index contributed by atoms with van der Waals surface area (Å²) < 4.78 is 5.28. The van der Waals surface area contributed by atoms with Crippen molar-refractivity contribution in [2.75, 3.05) is 44.3 Å². The van der Waals surface area contributed by atoms with Gasteiger partial charge in [-0.2, -0.15) is 0 Å². The maximum atomic E-state index is 13.8. The monoisotopic (exact) mass is 536 g/mol. The van der Waals surface area contributed by atoms with Crippen molar-refractivity contribution in [2.24, 2.45) is 4.99 Å². The minimum atomic E-state index is -0.237. The molecule has 0 saturated heterocycles. The quantitative estimate of drug-likeness (QED) is 0.447. The van der Waals surface area contributed by atoms with Crippen molar-refractivity contribution >= 4 is 29.1 Å². The van der Waals surface area contributed by atoms with Gasteiger partial charge >= 0.3 is 0 Å². The minimum absolute atomic E-state index is 0.00713. The lowest BCUT2D eigenvalue weighted by atomic mass is 10.00. The van der Waals surface area contributed by atoms with Crippen molar-refractivity contribution < 1.29 is 14.3 Å². The Hall–Kier alpha value is -4.63. The molecule has 6 rings (SSSR count). The Kier molecular flexibility index (Phi) is 6.96. The fourth-order valence-corrected chi connectivity index (χ4v) is 5.49. The van der Waals surface area contributed by atoms with E-state index in [4.69, 9.17) is 15.5 Å². The van der Waals surface area contributed by atoms with E-state index in [1.807, 2.05) is 36.4 Å². The van der Waals surface area contributed by atoms with Gasteiger partial charge in [0.05, 0.1) is 37.1 Å². The van der Waals surface area contributed by atoms with Crippen LogP contribution >= 0.6 is 0 Å². The zero-order valence-corrected chi connectivity index (χ0v) is 22.5. The van der Waals surface area contributed by atoms with Crippen LogP contribution in [0.5, 0.6) is 5.75 Å². The molecule has 0 aromatic heterocycles. The van der Waals surface area contributed by atoms with Gasteiger partial charge in [-0.05, 0) is 47.5 Å². The van der Waals surface area contributed by atoms with Crippen LogP contribution in [-0.4, -0.2) is 65.8 Å². The van der Waals surface area contributed by atoms with Crippen molar-refractivity contribution in [3.8, 4) is 5.75 Å². The summed E-state index contributed by atoms with van der Waals surface area (Å²) in [6.07, 6.45) is 0.819. The number of methoxy groups -OCH3 is 1. The summed E-state index contributed by atoms with van der Waals surface area (Å²) in [6.45, 7) is 4.11. The SMILES string of the molecule is COc1ccc(CN2CCC3=C(C2)C(=O)N(Cc2ccc(C(=O)Nc4ccccc4N)cc2)C2=NCCN23)cc1. The van der Waals surface area contributed by atoms with Gasteiger partial charge < -0.3 is 20.7 Å². The fraction of sp³-hybridized carbons (Fsp3) is 0.258. The second-order valence-corrected chi connectivity index (χ2v) is 10.2. The lowest BCUT2D eigenvalue weighted by Crippen LogP contribution is -2.53. The molecule has 3 N–H and O–H groups in total. The standard InChI is InChI=1S/C31H32N6O3/c1-40-24-12-8-21(9-13-24)18-35-16-14-28-25(20-35)30(39)37(31-33-15-17-36(28)31)19-22-6-10-23(11-7-22)29(38)34-27-5-3-2-4-26(27)32/h2-13H,14-20,32H2,1H3,(H,34,38). The molecular formula is C31H32N6O3. The summed E-state index contributed by atoms with van der Waals surface area (Å²) in [5.41, 5.74) is 11.6. The number of hydrogen-bond donors (Lipinski definition) is 2. The van der Waals surface area contributed by atoms with Crippen LogP contribution in [0.15, 0.2) is 89.1 Å². The molecule has 0 aliphatic carbocycles. The number of carbonyl (C=O) groups excluding carboxylic acids is 2. The van der Waals surface area contributed by atoms with Crippen LogP contribution in [0.4, 0.5) is 11.4 Å². The summed E-state index contributed by atoms with van der Waals surface area (Å²) in [7, 11) is 1.66. The third kappa shape index (κ3) is 5.03. The van der Waals surface area contributed by atoms with Crippen molar-refractivity contribution in [2.45, 2.75) is 19.5 Å². The van der Waals surface area contributed by atoms with E-state index >= 15 is 0 Å². The molecule has 0 spiro atoms. The van der Waals surface area contributed by atoms with Gasteiger partial charge in [0.25, 0.3) is 11.8 Å². The van der Waals surface area contributed by atoms with Crippen LogP contribution in [0.1, 0.15) is 27.9 Å².